The molecule has 1 saturated carbocycles. The third kappa shape index (κ3) is 4.40. The van der Waals surface area contributed by atoms with Gasteiger partial charge in [0.15, 0.2) is 0 Å². The standard InChI is InChI=1S/C17H22N2O3S2/c1-19-6-5-17(18-19)13-9-14(22-8-7-20)11-15(10-13)23-12-24(21)16-3-2-4-16/h5-6,9-11,16,20H,2-4,7-8,12H2,1H3. The van der Waals surface area contributed by atoms with Crippen molar-refractivity contribution in [3.05, 3.63) is 30.5 Å². The van der Waals surface area contributed by atoms with Crippen LogP contribution in [0.4, 0.5) is 0 Å². The Morgan fingerprint density at radius 2 is 2.25 bits per heavy atom. The van der Waals surface area contributed by atoms with Crippen molar-refractivity contribution in [2.75, 3.05) is 18.3 Å². The lowest BCUT2D eigenvalue weighted by molar-refractivity contribution is 0.201. The van der Waals surface area contributed by atoms with Gasteiger partial charge in [0.25, 0.3) is 0 Å². The largest absolute Gasteiger partial charge is 0.491 e. The summed E-state index contributed by atoms with van der Waals surface area (Å²) in [5.41, 5.74) is 1.83. The minimum atomic E-state index is -0.775. The molecule has 5 nitrogen and oxygen atoms in total. The average molecular weight is 367 g/mol. The van der Waals surface area contributed by atoms with Gasteiger partial charge < -0.3 is 9.84 Å². The first-order valence-electron chi connectivity index (χ1n) is 8.04. The van der Waals surface area contributed by atoms with E-state index in [0.29, 0.717) is 16.1 Å². The maximum absolute atomic E-state index is 12.2. The fourth-order valence-corrected chi connectivity index (χ4v) is 5.52. The molecule has 0 amide bonds. The first kappa shape index (κ1) is 17.5. The Hall–Kier alpha value is -1.31. The van der Waals surface area contributed by atoms with Crippen molar-refractivity contribution in [3.8, 4) is 17.0 Å². The van der Waals surface area contributed by atoms with Gasteiger partial charge in [-0.1, -0.05) is 6.42 Å². The average Bonchev–Trinajstić information content (AvgIpc) is 2.96. The molecule has 2 aromatic rings. The predicted octanol–water partition coefficient (Wildman–Crippen LogP) is 2.81. The van der Waals surface area contributed by atoms with Crippen LogP contribution < -0.4 is 4.74 Å². The summed E-state index contributed by atoms with van der Waals surface area (Å²) in [6.45, 7) is 0.228. The van der Waals surface area contributed by atoms with Crippen LogP contribution in [-0.2, 0) is 17.8 Å². The second kappa shape index (κ2) is 8.18. The molecule has 1 N–H and O–H groups in total. The van der Waals surface area contributed by atoms with Crippen LogP contribution in [0.2, 0.25) is 0 Å². The first-order valence-corrected chi connectivity index (χ1v) is 10.4. The van der Waals surface area contributed by atoms with E-state index in [2.05, 4.69) is 11.2 Å². The van der Waals surface area contributed by atoms with Crippen molar-refractivity contribution in [1.82, 2.24) is 9.78 Å². The Morgan fingerprint density at radius 3 is 2.88 bits per heavy atom. The molecule has 1 aliphatic rings. The van der Waals surface area contributed by atoms with Gasteiger partial charge in [-0.05, 0) is 37.1 Å². The third-order valence-corrected chi connectivity index (χ3v) is 7.20. The third-order valence-electron chi connectivity index (χ3n) is 4.02. The number of benzene rings is 1. The molecule has 1 atom stereocenters. The second-order valence-electron chi connectivity index (χ2n) is 5.84. The minimum Gasteiger partial charge on any atom is -0.491 e. The molecular formula is C17H22N2O3S2. The molecule has 0 aliphatic heterocycles. The number of aryl methyl sites for hydroxylation is 1. The van der Waals surface area contributed by atoms with E-state index in [1.54, 1.807) is 16.4 Å². The van der Waals surface area contributed by atoms with Gasteiger partial charge in [0.2, 0.25) is 0 Å². The molecule has 1 aromatic heterocycles. The van der Waals surface area contributed by atoms with E-state index in [0.717, 1.165) is 29.0 Å². The van der Waals surface area contributed by atoms with Crippen molar-refractivity contribution in [2.24, 2.45) is 7.05 Å². The molecule has 1 heterocycles. The number of ether oxygens (including phenoxy) is 1. The fraction of sp³-hybridized carbons (Fsp3) is 0.471. The van der Waals surface area contributed by atoms with Gasteiger partial charge in [-0.2, -0.15) is 5.10 Å². The number of aromatic nitrogens is 2. The zero-order valence-electron chi connectivity index (χ0n) is 13.7. The number of aliphatic hydroxyl groups is 1. The monoisotopic (exact) mass is 366 g/mol. The van der Waals surface area contributed by atoms with Gasteiger partial charge in [0, 0.05) is 39.8 Å². The normalized spacial score (nSPS) is 15.9. The molecule has 0 radical (unpaired) electrons. The van der Waals surface area contributed by atoms with Crippen LogP contribution in [0.25, 0.3) is 11.3 Å². The van der Waals surface area contributed by atoms with Gasteiger partial charge in [-0.3, -0.25) is 8.89 Å². The van der Waals surface area contributed by atoms with E-state index in [9.17, 15) is 4.21 Å². The van der Waals surface area contributed by atoms with E-state index in [-0.39, 0.29) is 13.2 Å². The molecule has 3 rings (SSSR count). The molecule has 1 fully saturated rings. The summed E-state index contributed by atoms with van der Waals surface area (Å²) in [4.78, 5) is 1.01. The Bertz CT molecular complexity index is 714. The summed E-state index contributed by atoms with van der Waals surface area (Å²) in [5, 5.41) is 14.4. The van der Waals surface area contributed by atoms with Crippen molar-refractivity contribution < 1.29 is 14.1 Å². The molecule has 130 valence electrons. The van der Waals surface area contributed by atoms with Crippen LogP contribution in [0.5, 0.6) is 5.75 Å². The van der Waals surface area contributed by atoms with Crippen molar-refractivity contribution in [2.45, 2.75) is 29.4 Å². The molecule has 0 bridgehead atoms. The van der Waals surface area contributed by atoms with Gasteiger partial charge >= 0.3 is 0 Å². The lowest BCUT2D eigenvalue weighted by Crippen LogP contribution is -2.24. The summed E-state index contributed by atoms with van der Waals surface area (Å²) >= 11 is 1.59. The quantitative estimate of drug-likeness (QED) is 0.728. The Kier molecular flexibility index (Phi) is 5.97. The summed E-state index contributed by atoms with van der Waals surface area (Å²) in [5.74, 6) is 0.698. The van der Waals surface area contributed by atoms with E-state index < -0.39 is 10.8 Å². The molecule has 1 unspecified atom stereocenters. The van der Waals surface area contributed by atoms with Crippen molar-refractivity contribution in [3.63, 3.8) is 0 Å². The highest BCUT2D eigenvalue weighted by Gasteiger charge is 2.23. The van der Waals surface area contributed by atoms with Crippen LogP contribution in [0.3, 0.4) is 0 Å². The van der Waals surface area contributed by atoms with Crippen LogP contribution in [0.1, 0.15) is 19.3 Å². The molecule has 1 aromatic carbocycles. The topological polar surface area (TPSA) is 64.3 Å². The number of rotatable bonds is 8. The number of hydrogen-bond acceptors (Lipinski definition) is 5. The number of aliphatic hydroxyl groups excluding tert-OH is 1. The molecule has 24 heavy (non-hydrogen) atoms. The summed E-state index contributed by atoms with van der Waals surface area (Å²) in [7, 11) is 1.11. The lowest BCUT2D eigenvalue weighted by Gasteiger charge is -2.24. The van der Waals surface area contributed by atoms with Crippen molar-refractivity contribution in [1.29, 1.82) is 0 Å². The summed E-state index contributed by atoms with van der Waals surface area (Å²) in [6.07, 6.45) is 5.28. The molecule has 0 saturated heterocycles. The van der Waals surface area contributed by atoms with Crippen LogP contribution in [0.15, 0.2) is 35.4 Å². The second-order valence-corrected chi connectivity index (χ2v) is 8.97. The van der Waals surface area contributed by atoms with Gasteiger partial charge in [-0.25, -0.2) is 0 Å². The summed E-state index contributed by atoms with van der Waals surface area (Å²) in [6, 6.07) is 7.86. The SMILES string of the molecule is Cn1ccc(-c2cc(OCCO)cc(SCS(=O)C3CCC3)c2)n1. The van der Waals surface area contributed by atoms with Crippen LogP contribution in [0, 0.1) is 0 Å². The van der Waals surface area contributed by atoms with Crippen LogP contribution >= 0.6 is 11.8 Å². The predicted molar refractivity (Wildman–Crippen MR) is 97.7 cm³/mol. The van der Waals surface area contributed by atoms with Gasteiger partial charge in [0.05, 0.1) is 17.4 Å². The van der Waals surface area contributed by atoms with E-state index in [1.165, 1.54) is 6.42 Å². The van der Waals surface area contributed by atoms with Gasteiger partial charge in [0.1, 0.15) is 12.4 Å². The number of hydrogen-bond donors (Lipinski definition) is 1. The maximum atomic E-state index is 12.2. The summed E-state index contributed by atoms with van der Waals surface area (Å²) < 4.78 is 19.6. The molecular weight excluding hydrogens is 344 g/mol. The number of thioether (sulfide) groups is 1. The number of nitrogens with zero attached hydrogens (tertiary/aromatic N) is 2. The first-order chi connectivity index (χ1) is 11.7. The van der Waals surface area contributed by atoms with Crippen LogP contribution in [-0.4, -0.2) is 42.6 Å². The molecule has 7 heteroatoms. The zero-order valence-corrected chi connectivity index (χ0v) is 15.3. The Morgan fingerprint density at radius 1 is 1.42 bits per heavy atom. The lowest BCUT2D eigenvalue weighted by atomic mass is 10.0. The van der Waals surface area contributed by atoms with Crippen molar-refractivity contribution >= 4 is 22.6 Å². The van der Waals surface area contributed by atoms with E-state index in [4.69, 9.17) is 9.84 Å². The minimum absolute atomic E-state index is 0.0258. The zero-order chi connectivity index (χ0) is 16.9. The molecule has 1 aliphatic carbocycles. The smallest absolute Gasteiger partial charge is 0.121 e. The highest BCUT2D eigenvalue weighted by Crippen LogP contribution is 2.32. The highest BCUT2D eigenvalue weighted by atomic mass is 32.2. The Labute approximate surface area is 148 Å². The molecule has 0 spiro atoms. The Balaban J connectivity index is 1.77. The van der Waals surface area contributed by atoms with E-state index in [1.807, 2.05) is 31.4 Å². The maximum Gasteiger partial charge on any atom is 0.121 e. The van der Waals surface area contributed by atoms with Gasteiger partial charge in [-0.15, -0.1) is 11.8 Å². The van der Waals surface area contributed by atoms with E-state index >= 15 is 0 Å². The fourth-order valence-electron chi connectivity index (χ4n) is 2.47. The highest BCUT2D eigenvalue weighted by molar-refractivity contribution is 8.10.